The van der Waals surface area contributed by atoms with E-state index in [1.54, 1.807) is 0 Å². The van der Waals surface area contributed by atoms with E-state index in [2.05, 4.69) is 68.9 Å². The number of fused-ring (bicyclic) bond motifs is 1. The molecular weight excluding hydrogens is 310 g/mol. The lowest BCUT2D eigenvalue weighted by Gasteiger charge is -2.37. The Morgan fingerprint density at radius 1 is 1.16 bits per heavy atom. The van der Waals surface area contributed by atoms with Gasteiger partial charge in [-0.15, -0.1) is 0 Å². The maximum atomic E-state index is 4.40. The number of hydrogen-bond acceptors (Lipinski definition) is 4. The van der Waals surface area contributed by atoms with E-state index in [1.165, 1.54) is 29.3 Å². The van der Waals surface area contributed by atoms with Crippen LogP contribution in [0.5, 0.6) is 0 Å². The summed E-state index contributed by atoms with van der Waals surface area (Å²) in [6, 6.07) is 11.0. The number of benzene rings is 1. The molecule has 1 atom stereocenters. The topological polar surface area (TPSA) is 37.2 Å². The van der Waals surface area contributed by atoms with Crippen LogP contribution in [0.15, 0.2) is 48.9 Å². The van der Waals surface area contributed by atoms with E-state index in [0.717, 1.165) is 25.6 Å². The van der Waals surface area contributed by atoms with Crippen molar-refractivity contribution in [2.45, 2.75) is 25.4 Å². The molecule has 0 saturated carbocycles. The Hall–Kier alpha value is -2.40. The molecule has 0 radical (unpaired) electrons. The molecule has 130 valence electrons. The van der Waals surface area contributed by atoms with Crippen molar-refractivity contribution in [2.75, 3.05) is 25.0 Å². The van der Waals surface area contributed by atoms with E-state index in [4.69, 9.17) is 0 Å². The van der Waals surface area contributed by atoms with Crippen molar-refractivity contribution in [3.63, 3.8) is 0 Å². The molecule has 3 aromatic rings. The Kier molecular flexibility index (Phi) is 4.40. The minimum atomic E-state index is 0.464. The smallest absolute Gasteiger partial charge is 0.225 e. The standard InChI is InChI=1S/C20H25N5/c1-23-13-16(18-8-3-4-9-19(18)23)14-25-12-5-7-17(15-25)24(2)20-21-10-6-11-22-20/h3-4,6,8-11,13,17H,5,7,12,14-15H2,1-2H3. The molecule has 1 saturated heterocycles. The van der Waals surface area contributed by atoms with Gasteiger partial charge in [-0.3, -0.25) is 4.90 Å². The average molecular weight is 335 g/mol. The molecule has 1 aliphatic rings. The van der Waals surface area contributed by atoms with Crippen LogP contribution in [-0.4, -0.2) is 45.6 Å². The summed E-state index contributed by atoms with van der Waals surface area (Å²) in [5.41, 5.74) is 2.72. The predicted molar refractivity (Wildman–Crippen MR) is 102 cm³/mol. The molecule has 3 heterocycles. The number of para-hydroxylation sites is 1. The molecule has 0 spiro atoms. The number of likely N-dealkylation sites (tertiary alicyclic amines) is 1. The number of aryl methyl sites for hydroxylation is 1. The third-order valence-corrected chi connectivity index (χ3v) is 5.27. The first-order chi connectivity index (χ1) is 12.2. The van der Waals surface area contributed by atoms with Crippen molar-refractivity contribution in [2.24, 2.45) is 7.05 Å². The van der Waals surface area contributed by atoms with Crippen LogP contribution in [0, 0.1) is 0 Å². The van der Waals surface area contributed by atoms with E-state index in [-0.39, 0.29) is 0 Å². The Labute approximate surface area is 148 Å². The van der Waals surface area contributed by atoms with Gasteiger partial charge in [0.25, 0.3) is 0 Å². The van der Waals surface area contributed by atoms with Gasteiger partial charge in [-0.05, 0) is 37.1 Å². The van der Waals surface area contributed by atoms with Crippen molar-refractivity contribution in [3.8, 4) is 0 Å². The van der Waals surface area contributed by atoms with Crippen molar-refractivity contribution < 1.29 is 0 Å². The van der Waals surface area contributed by atoms with Crippen LogP contribution >= 0.6 is 0 Å². The molecule has 1 unspecified atom stereocenters. The van der Waals surface area contributed by atoms with Gasteiger partial charge in [0.2, 0.25) is 5.95 Å². The molecule has 5 nitrogen and oxygen atoms in total. The average Bonchev–Trinajstić information content (AvgIpc) is 2.98. The van der Waals surface area contributed by atoms with Crippen LogP contribution in [0.3, 0.4) is 0 Å². The van der Waals surface area contributed by atoms with E-state index in [1.807, 2.05) is 18.5 Å². The first-order valence-corrected chi connectivity index (χ1v) is 8.97. The fourth-order valence-electron chi connectivity index (χ4n) is 3.92. The number of nitrogens with zero attached hydrogens (tertiary/aromatic N) is 5. The van der Waals surface area contributed by atoms with Gasteiger partial charge in [-0.1, -0.05) is 18.2 Å². The zero-order chi connectivity index (χ0) is 17.2. The second kappa shape index (κ2) is 6.84. The third kappa shape index (κ3) is 3.24. The molecule has 4 rings (SSSR count). The maximum Gasteiger partial charge on any atom is 0.225 e. The molecule has 1 aliphatic heterocycles. The SMILES string of the molecule is CN(c1ncccn1)C1CCCN(Cc2cn(C)c3ccccc23)C1. The van der Waals surface area contributed by atoms with Gasteiger partial charge in [-0.25, -0.2) is 9.97 Å². The molecule has 0 bridgehead atoms. The van der Waals surface area contributed by atoms with Gasteiger partial charge in [0, 0.05) is 62.7 Å². The lowest BCUT2D eigenvalue weighted by molar-refractivity contribution is 0.198. The van der Waals surface area contributed by atoms with Crippen LogP contribution < -0.4 is 4.90 Å². The second-order valence-electron chi connectivity index (χ2n) is 6.97. The Bertz CT molecular complexity index is 842. The number of piperidine rings is 1. The van der Waals surface area contributed by atoms with Crippen LogP contribution in [0.2, 0.25) is 0 Å². The zero-order valence-corrected chi connectivity index (χ0v) is 15.0. The summed E-state index contributed by atoms with van der Waals surface area (Å²) < 4.78 is 2.23. The molecule has 0 aliphatic carbocycles. The minimum absolute atomic E-state index is 0.464. The third-order valence-electron chi connectivity index (χ3n) is 5.27. The lowest BCUT2D eigenvalue weighted by Crippen LogP contribution is -2.46. The number of hydrogen-bond donors (Lipinski definition) is 0. The highest BCUT2D eigenvalue weighted by Crippen LogP contribution is 2.24. The summed E-state index contributed by atoms with van der Waals surface area (Å²) in [5.74, 6) is 0.819. The Balaban J connectivity index is 1.50. The van der Waals surface area contributed by atoms with Crippen LogP contribution in [-0.2, 0) is 13.6 Å². The molecule has 0 amide bonds. The van der Waals surface area contributed by atoms with Crippen molar-refractivity contribution in [3.05, 3.63) is 54.5 Å². The van der Waals surface area contributed by atoms with Crippen LogP contribution in [0.25, 0.3) is 10.9 Å². The quantitative estimate of drug-likeness (QED) is 0.734. The molecule has 25 heavy (non-hydrogen) atoms. The summed E-state index contributed by atoms with van der Waals surface area (Å²) in [5, 5.41) is 1.37. The predicted octanol–water partition coefficient (Wildman–Crippen LogP) is 3.07. The molecule has 1 fully saturated rings. The monoisotopic (exact) mass is 335 g/mol. The van der Waals surface area contributed by atoms with Gasteiger partial charge < -0.3 is 9.47 Å². The molecule has 1 aromatic carbocycles. The second-order valence-corrected chi connectivity index (χ2v) is 6.97. The first kappa shape index (κ1) is 16.1. The van der Waals surface area contributed by atoms with Crippen LogP contribution in [0.1, 0.15) is 18.4 Å². The van der Waals surface area contributed by atoms with E-state index in [9.17, 15) is 0 Å². The molecular formula is C20H25N5. The van der Waals surface area contributed by atoms with Crippen molar-refractivity contribution in [1.29, 1.82) is 0 Å². The Morgan fingerprint density at radius 3 is 2.80 bits per heavy atom. The van der Waals surface area contributed by atoms with Gasteiger partial charge in [-0.2, -0.15) is 0 Å². The van der Waals surface area contributed by atoms with E-state index in [0.29, 0.717) is 6.04 Å². The number of anilines is 1. The summed E-state index contributed by atoms with van der Waals surface area (Å²) in [7, 11) is 4.24. The summed E-state index contributed by atoms with van der Waals surface area (Å²) in [6.45, 7) is 3.21. The molecule has 2 aromatic heterocycles. The highest BCUT2D eigenvalue weighted by molar-refractivity contribution is 5.83. The van der Waals surface area contributed by atoms with Gasteiger partial charge >= 0.3 is 0 Å². The van der Waals surface area contributed by atoms with Crippen LogP contribution in [0.4, 0.5) is 5.95 Å². The Morgan fingerprint density at radius 2 is 1.96 bits per heavy atom. The normalized spacial score (nSPS) is 18.6. The summed E-state index contributed by atoms with van der Waals surface area (Å²) >= 11 is 0. The maximum absolute atomic E-state index is 4.40. The number of likely N-dealkylation sites (N-methyl/N-ethyl adjacent to an activating group) is 1. The fraction of sp³-hybridized carbons (Fsp3) is 0.400. The van der Waals surface area contributed by atoms with Crippen molar-refractivity contribution >= 4 is 16.9 Å². The molecule has 0 N–H and O–H groups in total. The highest BCUT2D eigenvalue weighted by Gasteiger charge is 2.25. The molecule has 5 heteroatoms. The van der Waals surface area contributed by atoms with Crippen molar-refractivity contribution in [1.82, 2.24) is 19.4 Å². The van der Waals surface area contributed by atoms with Gasteiger partial charge in [0.1, 0.15) is 0 Å². The van der Waals surface area contributed by atoms with Gasteiger partial charge in [0.15, 0.2) is 0 Å². The fourth-order valence-corrected chi connectivity index (χ4v) is 3.92. The zero-order valence-electron chi connectivity index (χ0n) is 15.0. The lowest BCUT2D eigenvalue weighted by atomic mass is 10.0. The first-order valence-electron chi connectivity index (χ1n) is 8.97. The van der Waals surface area contributed by atoms with Gasteiger partial charge in [0.05, 0.1) is 0 Å². The number of aromatic nitrogens is 3. The summed E-state index contributed by atoms with van der Waals surface area (Å²) in [6.07, 6.45) is 8.32. The van der Waals surface area contributed by atoms with E-state index < -0.39 is 0 Å². The number of rotatable bonds is 4. The van der Waals surface area contributed by atoms with E-state index >= 15 is 0 Å². The largest absolute Gasteiger partial charge is 0.350 e. The highest BCUT2D eigenvalue weighted by atomic mass is 15.3. The summed E-state index contributed by atoms with van der Waals surface area (Å²) in [4.78, 5) is 13.6. The minimum Gasteiger partial charge on any atom is -0.350 e.